The van der Waals surface area contributed by atoms with Crippen LogP contribution < -0.4 is 5.32 Å². The number of aromatic nitrogens is 4. The predicted molar refractivity (Wildman–Crippen MR) is 114 cm³/mol. The standard InChI is InChI=1S/C22H15ClF5N5O/c1-9-21(29-22(34)15-7-14(30-31-15)11-3-5-12(23)6-4-11)10(2)33(32-9)8-13-16(24)18(26)20(28)19(27)17(13)25/h3-7H,8H2,1-2H3,(H,29,34)(H,30,31). The van der Waals surface area contributed by atoms with Crippen LogP contribution >= 0.6 is 11.6 Å². The maximum absolute atomic E-state index is 14.1. The molecule has 0 saturated heterocycles. The van der Waals surface area contributed by atoms with Crippen molar-refractivity contribution in [3.05, 3.63) is 87.1 Å². The summed E-state index contributed by atoms with van der Waals surface area (Å²) in [6.07, 6.45) is 0. The zero-order chi connectivity index (χ0) is 24.7. The number of aromatic amines is 1. The minimum Gasteiger partial charge on any atom is -0.318 e. The van der Waals surface area contributed by atoms with Gasteiger partial charge >= 0.3 is 0 Å². The lowest BCUT2D eigenvalue weighted by Crippen LogP contribution is -2.15. The van der Waals surface area contributed by atoms with E-state index in [4.69, 9.17) is 11.6 Å². The molecule has 0 spiro atoms. The molecule has 0 bridgehead atoms. The monoisotopic (exact) mass is 495 g/mol. The predicted octanol–water partition coefficient (Wildman–Crippen LogP) is 5.54. The molecule has 0 radical (unpaired) electrons. The third kappa shape index (κ3) is 4.14. The number of nitrogens with one attached hydrogen (secondary N) is 2. The second-order valence-electron chi connectivity index (χ2n) is 7.38. The first-order valence-corrected chi connectivity index (χ1v) is 10.1. The molecule has 0 fully saturated rings. The van der Waals surface area contributed by atoms with E-state index in [0.717, 1.165) is 10.2 Å². The highest BCUT2D eigenvalue weighted by molar-refractivity contribution is 6.30. The van der Waals surface area contributed by atoms with E-state index in [9.17, 15) is 26.7 Å². The van der Waals surface area contributed by atoms with Crippen LogP contribution in [0.1, 0.15) is 27.4 Å². The van der Waals surface area contributed by atoms with Crippen molar-refractivity contribution in [3.63, 3.8) is 0 Å². The summed E-state index contributed by atoms with van der Waals surface area (Å²) in [5.41, 5.74) is 1.04. The molecule has 0 aliphatic rings. The van der Waals surface area contributed by atoms with Gasteiger partial charge in [-0.15, -0.1) is 0 Å². The molecular formula is C22H15ClF5N5O. The highest BCUT2D eigenvalue weighted by atomic mass is 35.5. The van der Waals surface area contributed by atoms with Crippen LogP contribution in [0, 0.1) is 42.9 Å². The lowest BCUT2D eigenvalue weighted by molar-refractivity contribution is 0.102. The first kappa shape index (κ1) is 23.4. The molecule has 2 aromatic heterocycles. The van der Waals surface area contributed by atoms with Crippen molar-refractivity contribution in [2.24, 2.45) is 0 Å². The zero-order valence-electron chi connectivity index (χ0n) is 17.6. The molecule has 1 amide bonds. The normalized spacial score (nSPS) is 11.2. The smallest absolute Gasteiger partial charge is 0.273 e. The van der Waals surface area contributed by atoms with Crippen LogP contribution in [0.2, 0.25) is 5.02 Å². The summed E-state index contributed by atoms with van der Waals surface area (Å²) in [7, 11) is 0. The average Bonchev–Trinajstić information content (AvgIpc) is 3.41. The molecule has 4 rings (SSSR count). The molecule has 2 N–H and O–H groups in total. The number of amides is 1. The first-order valence-electron chi connectivity index (χ1n) is 9.75. The van der Waals surface area contributed by atoms with E-state index in [-0.39, 0.29) is 22.8 Å². The fourth-order valence-corrected chi connectivity index (χ4v) is 3.48. The lowest BCUT2D eigenvalue weighted by atomic mass is 10.1. The van der Waals surface area contributed by atoms with Crippen molar-refractivity contribution < 1.29 is 26.7 Å². The minimum atomic E-state index is -2.24. The third-order valence-electron chi connectivity index (χ3n) is 5.19. The SMILES string of the molecule is Cc1nn(Cc2c(F)c(F)c(F)c(F)c2F)c(C)c1NC(=O)c1cc(-c2ccc(Cl)cc2)n[nH]1. The van der Waals surface area contributed by atoms with Gasteiger partial charge < -0.3 is 5.32 Å². The van der Waals surface area contributed by atoms with E-state index >= 15 is 0 Å². The number of nitrogens with zero attached hydrogens (tertiary/aromatic N) is 3. The van der Waals surface area contributed by atoms with Crippen LogP contribution in [0.15, 0.2) is 30.3 Å². The van der Waals surface area contributed by atoms with Gasteiger partial charge in [0, 0.05) is 10.6 Å². The van der Waals surface area contributed by atoms with Gasteiger partial charge in [0.05, 0.1) is 34.9 Å². The van der Waals surface area contributed by atoms with Crippen molar-refractivity contribution in [1.82, 2.24) is 20.0 Å². The number of benzene rings is 2. The number of carbonyl (C=O) groups is 1. The number of hydrogen-bond acceptors (Lipinski definition) is 3. The van der Waals surface area contributed by atoms with Crippen LogP contribution in [-0.4, -0.2) is 25.9 Å². The topological polar surface area (TPSA) is 75.6 Å². The quantitative estimate of drug-likeness (QED) is 0.217. The Hall–Kier alpha value is -3.73. The van der Waals surface area contributed by atoms with Gasteiger partial charge in [-0.2, -0.15) is 10.2 Å². The number of anilines is 1. The summed E-state index contributed by atoms with van der Waals surface area (Å²) in [5.74, 6) is -10.8. The number of hydrogen-bond donors (Lipinski definition) is 2. The van der Waals surface area contributed by atoms with Gasteiger partial charge in [-0.1, -0.05) is 23.7 Å². The summed E-state index contributed by atoms with van der Waals surface area (Å²) >= 11 is 5.87. The second kappa shape index (κ2) is 8.90. The van der Waals surface area contributed by atoms with Crippen LogP contribution in [0.5, 0.6) is 0 Å². The Balaban J connectivity index is 1.58. The van der Waals surface area contributed by atoms with Gasteiger partial charge in [0.2, 0.25) is 5.82 Å². The Kier molecular flexibility index (Phi) is 6.13. The highest BCUT2D eigenvalue weighted by Gasteiger charge is 2.27. The Morgan fingerprint density at radius 1 is 1.00 bits per heavy atom. The molecule has 0 atom stereocenters. The molecular weight excluding hydrogens is 481 g/mol. The molecule has 4 aromatic rings. The molecule has 176 valence electrons. The van der Waals surface area contributed by atoms with Crippen LogP contribution in [-0.2, 0) is 6.54 Å². The number of aryl methyl sites for hydroxylation is 1. The van der Waals surface area contributed by atoms with Crippen molar-refractivity contribution in [2.75, 3.05) is 5.32 Å². The maximum Gasteiger partial charge on any atom is 0.273 e. The summed E-state index contributed by atoms with van der Waals surface area (Å²) in [5, 5.41) is 14.0. The lowest BCUT2D eigenvalue weighted by Gasteiger charge is -2.10. The number of halogens is 6. The fourth-order valence-electron chi connectivity index (χ4n) is 3.36. The Bertz CT molecular complexity index is 1390. The van der Waals surface area contributed by atoms with Crippen molar-refractivity contribution in [2.45, 2.75) is 20.4 Å². The zero-order valence-corrected chi connectivity index (χ0v) is 18.4. The average molecular weight is 496 g/mol. The van der Waals surface area contributed by atoms with Crippen LogP contribution in [0.25, 0.3) is 11.3 Å². The minimum absolute atomic E-state index is 0.122. The van der Waals surface area contributed by atoms with Crippen molar-refractivity contribution in [3.8, 4) is 11.3 Å². The van der Waals surface area contributed by atoms with E-state index in [1.54, 1.807) is 24.3 Å². The third-order valence-corrected chi connectivity index (χ3v) is 5.44. The van der Waals surface area contributed by atoms with Gasteiger partial charge in [0.1, 0.15) is 5.69 Å². The van der Waals surface area contributed by atoms with E-state index in [1.807, 2.05) is 0 Å². The molecule has 6 nitrogen and oxygen atoms in total. The van der Waals surface area contributed by atoms with Gasteiger partial charge in [-0.05, 0) is 32.0 Å². The Labute approximate surface area is 194 Å². The number of rotatable bonds is 5. The number of H-pyrrole nitrogens is 1. The van der Waals surface area contributed by atoms with Crippen molar-refractivity contribution >= 4 is 23.2 Å². The molecule has 34 heavy (non-hydrogen) atoms. The summed E-state index contributed by atoms with van der Waals surface area (Å²) in [4.78, 5) is 12.7. The van der Waals surface area contributed by atoms with Crippen molar-refractivity contribution in [1.29, 1.82) is 0 Å². The van der Waals surface area contributed by atoms with E-state index in [0.29, 0.717) is 10.7 Å². The highest BCUT2D eigenvalue weighted by Crippen LogP contribution is 2.27. The van der Waals surface area contributed by atoms with Crippen LogP contribution in [0.4, 0.5) is 27.6 Å². The van der Waals surface area contributed by atoms with Gasteiger partial charge in [0.25, 0.3) is 5.91 Å². The summed E-state index contributed by atoms with van der Waals surface area (Å²) < 4.78 is 69.5. The Morgan fingerprint density at radius 2 is 1.59 bits per heavy atom. The van der Waals surface area contributed by atoms with E-state index < -0.39 is 47.1 Å². The summed E-state index contributed by atoms with van der Waals surface area (Å²) in [6.45, 7) is 2.26. The second-order valence-corrected chi connectivity index (χ2v) is 7.82. The van der Waals surface area contributed by atoms with Crippen LogP contribution in [0.3, 0.4) is 0 Å². The molecule has 2 aromatic carbocycles. The van der Waals surface area contributed by atoms with Gasteiger partial charge in [0.15, 0.2) is 23.3 Å². The molecule has 0 aliphatic heterocycles. The molecule has 0 unspecified atom stereocenters. The fraction of sp³-hybridized carbons (Fsp3) is 0.136. The molecule has 2 heterocycles. The van der Waals surface area contributed by atoms with Gasteiger partial charge in [-0.3, -0.25) is 14.6 Å². The van der Waals surface area contributed by atoms with E-state index in [2.05, 4.69) is 20.6 Å². The van der Waals surface area contributed by atoms with E-state index in [1.165, 1.54) is 19.9 Å². The number of carbonyl (C=O) groups excluding carboxylic acids is 1. The molecule has 0 saturated carbocycles. The maximum atomic E-state index is 14.1. The molecule has 0 aliphatic carbocycles. The Morgan fingerprint density at radius 3 is 2.21 bits per heavy atom. The summed E-state index contributed by atoms with van der Waals surface area (Å²) in [6, 6.07) is 8.34. The first-order chi connectivity index (χ1) is 16.1. The van der Waals surface area contributed by atoms with Gasteiger partial charge in [-0.25, -0.2) is 22.0 Å². The molecule has 12 heteroatoms. The largest absolute Gasteiger partial charge is 0.318 e.